The van der Waals surface area contributed by atoms with E-state index in [4.69, 9.17) is 36.3 Å². The number of imidazole rings is 1. The topological polar surface area (TPSA) is 122 Å². The number of fused-ring (bicyclic) bond motifs is 2. The van der Waals surface area contributed by atoms with Crippen molar-refractivity contribution in [3.8, 4) is 6.01 Å². The first-order valence-electron chi connectivity index (χ1n) is 10.7. The number of aromatic amines is 1. The van der Waals surface area contributed by atoms with Crippen LogP contribution in [0, 0.1) is 11.6 Å². The van der Waals surface area contributed by atoms with E-state index >= 15 is 0 Å². The van der Waals surface area contributed by atoms with Crippen LogP contribution in [-0.4, -0.2) is 65.1 Å². The van der Waals surface area contributed by atoms with Gasteiger partial charge < -0.3 is 29.7 Å². The Labute approximate surface area is 197 Å². The number of carbonyl (C=O) groups excluding carboxylic acids is 1. The molecule has 0 aliphatic carbocycles. The van der Waals surface area contributed by atoms with Gasteiger partial charge in [-0.1, -0.05) is 17.7 Å². The van der Waals surface area contributed by atoms with Gasteiger partial charge in [0, 0.05) is 5.56 Å². The lowest BCUT2D eigenvalue weighted by atomic mass is 10.1. The Kier molecular flexibility index (Phi) is 6.34. The lowest BCUT2D eigenvalue weighted by Gasteiger charge is -2.16. The van der Waals surface area contributed by atoms with Crippen LogP contribution >= 0.6 is 11.6 Å². The maximum atomic E-state index is 13.9. The Hall–Kier alpha value is -2.86. The number of nitrogens with zero attached hydrogens (tertiary/aromatic N) is 2. The number of carbonyl (C=O) groups is 1. The summed E-state index contributed by atoms with van der Waals surface area (Å²) in [6.07, 6.45) is -1.31. The van der Waals surface area contributed by atoms with Crippen molar-refractivity contribution in [2.75, 3.05) is 19.8 Å². The molecule has 4 heterocycles. The SMILES string of the molecule is NC(=O)CO[C@@H]1CO[C@H]2[C@@H]1OC[C@H]2Oc1nc2nc(CCc3c(F)cccc3F)c(Cl)cc2[nH]1. The van der Waals surface area contributed by atoms with E-state index in [0.29, 0.717) is 21.9 Å². The molecule has 180 valence electrons. The Morgan fingerprint density at radius 3 is 2.59 bits per heavy atom. The van der Waals surface area contributed by atoms with E-state index in [1.165, 1.54) is 18.2 Å². The molecule has 2 aliphatic heterocycles. The second-order valence-corrected chi connectivity index (χ2v) is 8.51. The molecule has 5 rings (SSSR count). The van der Waals surface area contributed by atoms with Crippen LogP contribution in [0.1, 0.15) is 11.3 Å². The third-order valence-electron chi connectivity index (χ3n) is 5.82. The minimum absolute atomic E-state index is 0.0167. The largest absolute Gasteiger partial charge is 0.456 e. The molecule has 4 atom stereocenters. The Morgan fingerprint density at radius 2 is 1.85 bits per heavy atom. The predicted octanol–water partition coefficient (Wildman–Crippen LogP) is 2.09. The second kappa shape index (κ2) is 9.41. The van der Waals surface area contributed by atoms with Gasteiger partial charge in [-0.3, -0.25) is 4.79 Å². The summed E-state index contributed by atoms with van der Waals surface area (Å²) in [5.41, 5.74) is 6.48. The number of halogens is 3. The van der Waals surface area contributed by atoms with Gasteiger partial charge in [0.05, 0.1) is 29.4 Å². The second-order valence-electron chi connectivity index (χ2n) is 8.10. The average molecular weight is 495 g/mol. The van der Waals surface area contributed by atoms with E-state index in [9.17, 15) is 13.6 Å². The Bertz CT molecular complexity index is 1210. The molecule has 2 aromatic heterocycles. The zero-order chi connectivity index (χ0) is 23.8. The number of nitrogens with two attached hydrogens (primary N) is 1. The molecular weight excluding hydrogens is 474 g/mol. The molecule has 1 amide bonds. The van der Waals surface area contributed by atoms with Crippen molar-refractivity contribution in [2.45, 2.75) is 37.3 Å². The summed E-state index contributed by atoms with van der Waals surface area (Å²) < 4.78 is 50.7. The molecule has 12 heteroatoms. The molecule has 2 saturated heterocycles. The highest BCUT2D eigenvalue weighted by Crippen LogP contribution is 2.31. The fourth-order valence-corrected chi connectivity index (χ4v) is 4.43. The first-order valence-corrected chi connectivity index (χ1v) is 11.0. The average Bonchev–Trinajstić information content (AvgIpc) is 3.48. The van der Waals surface area contributed by atoms with Crippen molar-refractivity contribution < 1.29 is 32.5 Å². The van der Waals surface area contributed by atoms with E-state index in [1.807, 2.05) is 0 Å². The molecule has 0 radical (unpaired) electrons. The first-order chi connectivity index (χ1) is 16.4. The van der Waals surface area contributed by atoms with Crippen LogP contribution < -0.4 is 10.5 Å². The molecule has 0 bridgehead atoms. The van der Waals surface area contributed by atoms with Crippen LogP contribution in [0.4, 0.5) is 8.78 Å². The Balaban J connectivity index is 1.26. The van der Waals surface area contributed by atoms with Gasteiger partial charge in [0.15, 0.2) is 11.8 Å². The summed E-state index contributed by atoms with van der Waals surface area (Å²) in [5, 5.41) is 0.345. The summed E-state index contributed by atoms with van der Waals surface area (Å²) in [5.74, 6) is -1.79. The van der Waals surface area contributed by atoms with Gasteiger partial charge in [0.25, 0.3) is 6.01 Å². The predicted molar refractivity (Wildman–Crippen MR) is 115 cm³/mol. The molecule has 0 unspecified atom stereocenters. The van der Waals surface area contributed by atoms with Crippen LogP contribution in [0.3, 0.4) is 0 Å². The molecule has 9 nitrogen and oxygen atoms in total. The molecule has 3 aromatic rings. The number of hydrogen-bond acceptors (Lipinski definition) is 7. The first kappa shape index (κ1) is 22.9. The number of primary amides is 1. The third kappa shape index (κ3) is 4.56. The molecule has 0 spiro atoms. The molecule has 2 fully saturated rings. The number of aryl methyl sites for hydroxylation is 1. The lowest BCUT2D eigenvalue weighted by molar-refractivity contribution is -0.126. The van der Waals surface area contributed by atoms with Crippen molar-refractivity contribution in [1.29, 1.82) is 0 Å². The smallest absolute Gasteiger partial charge is 0.296 e. The standard InChI is InChI=1S/C22H21ClF2N4O5/c23-11-6-15-21(27-14(11)5-4-10-12(24)2-1-3-13(10)25)29-22(28-15)34-17-8-33-19-16(7-32-20(17)19)31-9-18(26)30/h1-3,6,16-17,19-20H,4-5,7-9H2,(H2,26,30)(H,27,28,29)/t16-,17-,19-,20-/m1/s1. The van der Waals surface area contributed by atoms with Gasteiger partial charge in [-0.2, -0.15) is 4.98 Å². The monoisotopic (exact) mass is 494 g/mol. The van der Waals surface area contributed by atoms with Gasteiger partial charge in [0.2, 0.25) is 5.91 Å². The summed E-state index contributed by atoms with van der Waals surface area (Å²) in [6, 6.07) is 5.59. The van der Waals surface area contributed by atoms with Crippen molar-refractivity contribution >= 4 is 28.7 Å². The summed E-state index contributed by atoms with van der Waals surface area (Å²) in [7, 11) is 0. The normalized spacial score (nSPS) is 24.0. The van der Waals surface area contributed by atoms with Crippen molar-refractivity contribution in [1.82, 2.24) is 15.0 Å². The number of amides is 1. The van der Waals surface area contributed by atoms with E-state index in [2.05, 4.69) is 15.0 Å². The number of benzene rings is 1. The van der Waals surface area contributed by atoms with Crippen LogP contribution in [0.5, 0.6) is 6.01 Å². The van der Waals surface area contributed by atoms with Crippen molar-refractivity contribution in [3.63, 3.8) is 0 Å². The van der Waals surface area contributed by atoms with E-state index in [0.717, 1.165) is 0 Å². The minimum Gasteiger partial charge on any atom is -0.456 e. The molecular formula is C22H21ClF2N4O5. The maximum Gasteiger partial charge on any atom is 0.296 e. The van der Waals surface area contributed by atoms with Crippen LogP contribution in [0.15, 0.2) is 24.3 Å². The number of nitrogens with one attached hydrogen (secondary N) is 1. The quantitative estimate of drug-likeness (QED) is 0.491. The number of aromatic nitrogens is 3. The summed E-state index contributed by atoms with van der Waals surface area (Å²) >= 11 is 6.34. The maximum absolute atomic E-state index is 13.9. The minimum atomic E-state index is -0.610. The molecule has 2 aliphatic rings. The van der Waals surface area contributed by atoms with Crippen molar-refractivity contribution in [3.05, 3.63) is 52.2 Å². The molecule has 3 N–H and O–H groups in total. The highest BCUT2D eigenvalue weighted by Gasteiger charge is 2.50. The van der Waals surface area contributed by atoms with Gasteiger partial charge in [0.1, 0.15) is 36.6 Å². The van der Waals surface area contributed by atoms with Gasteiger partial charge in [-0.15, -0.1) is 0 Å². The van der Waals surface area contributed by atoms with Crippen LogP contribution in [0.2, 0.25) is 5.02 Å². The van der Waals surface area contributed by atoms with E-state index < -0.39 is 35.9 Å². The number of H-pyrrole nitrogens is 1. The molecule has 34 heavy (non-hydrogen) atoms. The lowest BCUT2D eigenvalue weighted by Crippen LogP contribution is -2.36. The van der Waals surface area contributed by atoms with E-state index in [-0.39, 0.29) is 50.3 Å². The van der Waals surface area contributed by atoms with E-state index in [1.54, 1.807) is 6.07 Å². The number of rotatable bonds is 8. The zero-order valence-electron chi connectivity index (χ0n) is 17.8. The summed E-state index contributed by atoms with van der Waals surface area (Å²) in [4.78, 5) is 22.8. The molecule has 0 saturated carbocycles. The third-order valence-corrected chi connectivity index (χ3v) is 6.14. The number of ether oxygens (including phenoxy) is 4. The summed E-state index contributed by atoms with van der Waals surface area (Å²) in [6.45, 7) is 0.288. The number of pyridine rings is 1. The van der Waals surface area contributed by atoms with Crippen LogP contribution in [-0.2, 0) is 31.8 Å². The fourth-order valence-electron chi connectivity index (χ4n) is 4.18. The van der Waals surface area contributed by atoms with Gasteiger partial charge in [-0.25, -0.2) is 13.8 Å². The fraction of sp³-hybridized carbons (Fsp3) is 0.409. The highest BCUT2D eigenvalue weighted by molar-refractivity contribution is 6.31. The van der Waals surface area contributed by atoms with Gasteiger partial charge >= 0.3 is 0 Å². The highest BCUT2D eigenvalue weighted by atomic mass is 35.5. The zero-order valence-corrected chi connectivity index (χ0v) is 18.6. The molecule has 1 aromatic carbocycles. The Morgan fingerprint density at radius 1 is 1.15 bits per heavy atom. The number of hydrogen-bond donors (Lipinski definition) is 2. The van der Waals surface area contributed by atoms with Gasteiger partial charge in [-0.05, 0) is 31.0 Å². The van der Waals surface area contributed by atoms with Crippen molar-refractivity contribution in [2.24, 2.45) is 5.73 Å². The van der Waals surface area contributed by atoms with Crippen LogP contribution in [0.25, 0.3) is 11.2 Å².